The van der Waals surface area contributed by atoms with E-state index < -0.39 is 6.03 Å². The van der Waals surface area contributed by atoms with Crippen LogP contribution in [-0.2, 0) is 0 Å². The van der Waals surface area contributed by atoms with Gasteiger partial charge in [0.2, 0.25) is 0 Å². The average Bonchev–Trinajstić information content (AvgIpc) is 2.57. The Morgan fingerprint density at radius 2 is 1.96 bits per heavy atom. The van der Waals surface area contributed by atoms with Crippen LogP contribution < -0.4 is 15.5 Å². The third-order valence-electron chi connectivity index (χ3n) is 3.26. The molecule has 0 saturated heterocycles. The number of halogens is 1. The lowest BCUT2D eigenvalue weighted by Crippen LogP contribution is -2.24. The van der Waals surface area contributed by atoms with E-state index in [0.717, 1.165) is 21.3 Å². The van der Waals surface area contributed by atoms with Gasteiger partial charge in [-0.2, -0.15) is 5.10 Å². The van der Waals surface area contributed by atoms with E-state index in [2.05, 4.69) is 45.6 Å². The summed E-state index contributed by atoms with van der Waals surface area (Å²) in [6, 6.07) is 12.7. The van der Waals surface area contributed by atoms with Crippen LogP contribution in [0.2, 0.25) is 0 Å². The number of carbonyl (C=O) groups excluding carboxylic acids is 1. The Morgan fingerprint density at radius 1 is 1.24 bits per heavy atom. The molecule has 0 atom stereocenters. The molecule has 0 saturated carbocycles. The molecular formula is C19H22BrN3O2. The molecule has 25 heavy (non-hydrogen) atoms. The molecule has 0 aliphatic heterocycles. The number of nitrogens with zero attached hydrogens (tertiary/aromatic N) is 1. The molecule has 2 rings (SSSR count). The summed E-state index contributed by atoms with van der Waals surface area (Å²) in [5.41, 5.74) is 5.07. The third kappa shape index (κ3) is 6.58. The fraction of sp³-hybridized carbons (Fsp3) is 0.263. The molecule has 0 spiro atoms. The molecule has 0 unspecified atom stereocenters. The maximum Gasteiger partial charge on any atom is 0.339 e. The number of anilines is 1. The normalized spacial score (nSPS) is 10.9. The van der Waals surface area contributed by atoms with E-state index in [1.165, 1.54) is 0 Å². The van der Waals surface area contributed by atoms with E-state index >= 15 is 0 Å². The predicted molar refractivity (Wildman–Crippen MR) is 105 cm³/mol. The Balaban J connectivity index is 1.83. The average molecular weight is 404 g/mol. The number of ether oxygens (including phenoxy) is 1. The van der Waals surface area contributed by atoms with Crippen molar-refractivity contribution in [2.75, 3.05) is 11.9 Å². The first-order chi connectivity index (χ1) is 11.9. The monoisotopic (exact) mass is 403 g/mol. The van der Waals surface area contributed by atoms with Crippen molar-refractivity contribution in [3.05, 3.63) is 58.1 Å². The number of aryl methyl sites for hydroxylation is 1. The van der Waals surface area contributed by atoms with Crippen LogP contribution in [0.4, 0.5) is 10.5 Å². The summed E-state index contributed by atoms with van der Waals surface area (Å²) in [5.74, 6) is 1.31. The zero-order valence-corrected chi connectivity index (χ0v) is 16.1. The van der Waals surface area contributed by atoms with Gasteiger partial charge in [-0.15, -0.1) is 0 Å². The van der Waals surface area contributed by atoms with Gasteiger partial charge in [-0.05, 0) is 66.4 Å². The zero-order valence-electron chi connectivity index (χ0n) is 14.5. The van der Waals surface area contributed by atoms with E-state index in [9.17, 15) is 4.79 Å². The van der Waals surface area contributed by atoms with Crippen LogP contribution in [0.25, 0.3) is 0 Å². The van der Waals surface area contributed by atoms with Crippen molar-refractivity contribution in [2.45, 2.75) is 20.8 Å². The van der Waals surface area contributed by atoms with Crippen LogP contribution in [0.15, 0.2) is 52.0 Å². The first-order valence-electron chi connectivity index (χ1n) is 8.03. The van der Waals surface area contributed by atoms with E-state index in [0.29, 0.717) is 18.2 Å². The van der Waals surface area contributed by atoms with Crippen molar-refractivity contribution in [3.63, 3.8) is 0 Å². The van der Waals surface area contributed by atoms with E-state index in [1.807, 2.05) is 49.4 Å². The van der Waals surface area contributed by atoms with Gasteiger partial charge < -0.3 is 10.1 Å². The Bertz CT molecular complexity index is 743. The van der Waals surface area contributed by atoms with Crippen LogP contribution in [0, 0.1) is 12.8 Å². The molecule has 0 radical (unpaired) electrons. The first-order valence-corrected chi connectivity index (χ1v) is 8.82. The fourth-order valence-corrected chi connectivity index (χ4v) is 2.21. The lowest BCUT2D eigenvalue weighted by molar-refractivity contribution is 0.252. The van der Waals surface area contributed by atoms with E-state index in [1.54, 1.807) is 6.21 Å². The standard InChI is InChI=1S/C19H22BrN3O2/c1-13(2)12-25-17-7-4-15(5-8-17)11-21-23-19(24)22-16-6-9-18(20)14(3)10-16/h4-11,13H,12H2,1-3H3,(H2,22,23,24). The molecule has 0 heterocycles. The highest BCUT2D eigenvalue weighted by molar-refractivity contribution is 9.10. The van der Waals surface area contributed by atoms with Crippen LogP contribution in [0.5, 0.6) is 5.75 Å². The van der Waals surface area contributed by atoms with Crippen molar-refractivity contribution < 1.29 is 9.53 Å². The van der Waals surface area contributed by atoms with Gasteiger partial charge in [0.05, 0.1) is 12.8 Å². The minimum absolute atomic E-state index is 0.394. The molecule has 6 heteroatoms. The lowest BCUT2D eigenvalue weighted by Gasteiger charge is -2.08. The highest BCUT2D eigenvalue weighted by Crippen LogP contribution is 2.19. The van der Waals surface area contributed by atoms with Gasteiger partial charge in [0.1, 0.15) is 5.75 Å². The third-order valence-corrected chi connectivity index (χ3v) is 4.15. The summed E-state index contributed by atoms with van der Waals surface area (Å²) in [7, 11) is 0. The SMILES string of the molecule is Cc1cc(NC(=O)NN=Cc2ccc(OCC(C)C)cc2)ccc1Br. The van der Waals surface area contributed by atoms with Crippen molar-refractivity contribution in [1.29, 1.82) is 0 Å². The number of rotatable bonds is 6. The van der Waals surface area contributed by atoms with Crippen molar-refractivity contribution in [2.24, 2.45) is 11.0 Å². The minimum Gasteiger partial charge on any atom is -0.493 e. The zero-order chi connectivity index (χ0) is 18.2. The van der Waals surface area contributed by atoms with E-state index in [-0.39, 0.29) is 0 Å². The molecule has 2 amide bonds. The number of amides is 2. The van der Waals surface area contributed by atoms with Gasteiger partial charge >= 0.3 is 6.03 Å². The molecule has 0 aliphatic rings. The van der Waals surface area contributed by atoms with Crippen molar-refractivity contribution in [3.8, 4) is 5.75 Å². The summed E-state index contributed by atoms with van der Waals surface area (Å²) in [6.45, 7) is 6.85. The Hall–Kier alpha value is -2.34. The highest BCUT2D eigenvalue weighted by Gasteiger charge is 2.02. The molecule has 5 nitrogen and oxygen atoms in total. The van der Waals surface area contributed by atoms with Crippen LogP contribution in [-0.4, -0.2) is 18.9 Å². The van der Waals surface area contributed by atoms with Gasteiger partial charge in [0.15, 0.2) is 0 Å². The minimum atomic E-state index is -0.394. The molecule has 0 bridgehead atoms. The Labute approximate surface area is 156 Å². The summed E-state index contributed by atoms with van der Waals surface area (Å²) < 4.78 is 6.62. The van der Waals surface area contributed by atoms with E-state index in [4.69, 9.17) is 4.74 Å². The number of hydrogen-bond acceptors (Lipinski definition) is 3. The smallest absolute Gasteiger partial charge is 0.339 e. The first kappa shape index (κ1) is 19.0. The molecule has 0 fully saturated rings. The summed E-state index contributed by atoms with van der Waals surface area (Å²) in [6.07, 6.45) is 1.58. The second kappa shape index (κ2) is 9.22. The lowest BCUT2D eigenvalue weighted by atomic mass is 10.2. The number of benzene rings is 2. The number of nitrogens with one attached hydrogen (secondary N) is 2. The number of hydrogen-bond donors (Lipinski definition) is 2. The van der Waals surface area contributed by atoms with Gasteiger partial charge in [0.25, 0.3) is 0 Å². The van der Waals surface area contributed by atoms with Gasteiger partial charge in [0, 0.05) is 10.2 Å². The summed E-state index contributed by atoms with van der Waals surface area (Å²) in [4.78, 5) is 11.8. The molecular weight excluding hydrogens is 382 g/mol. The second-order valence-electron chi connectivity index (χ2n) is 6.06. The van der Waals surface area contributed by atoms with Crippen LogP contribution in [0.3, 0.4) is 0 Å². The summed E-state index contributed by atoms with van der Waals surface area (Å²) in [5, 5.41) is 6.67. The number of carbonyl (C=O) groups is 1. The second-order valence-corrected chi connectivity index (χ2v) is 6.92. The van der Waals surface area contributed by atoms with Gasteiger partial charge in [-0.25, -0.2) is 10.2 Å². The molecule has 2 aromatic rings. The van der Waals surface area contributed by atoms with Gasteiger partial charge in [-0.3, -0.25) is 0 Å². The maximum absolute atomic E-state index is 11.8. The number of hydrazone groups is 1. The Kier molecular flexibility index (Phi) is 7.01. The van der Waals surface area contributed by atoms with Crippen molar-refractivity contribution in [1.82, 2.24) is 5.43 Å². The Morgan fingerprint density at radius 3 is 2.60 bits per heavy atom. The van der Waals surface area contributed by atoms with Crippen LogP contribution in [0.1, 0.15) is 25.0 Å². The quantitative estimate of drug-likeness (QED) is 0.529. The van der Waals surface area contributed by atoms with Gasteiger partial charge in [-0.1, -0.05) is 29.8 Å². The maximum atomic E-state index is 11.8. The predicted octanol–water partition coefficient (Wildman–Crippen LogP) is 4.95. The topological polar surface area (TPSA) is 62.7 Å². The molecule has 0 aromatic heterocycles. The molecule has 2 N–H and O–H groups in total. The molecule has 2 aromatic carbocycles. The van der Waals surface area contributed by atoms with Crippen molar-refractivity contribution >= 4 is 33.9 Å². The molecule has 0 aliphatic carbocycles. The summed E-state index contributed by atoms with van der Waals surface area (Å²) >= 11 is 3.42. The molecule has 132 valence electrons. The largest absolute Gasteiger partial charge is 0.493 e. The number of urea groups is 1. The van der Waals surface area contributed by atoms with Crippen LogP contribution >= 0.6 is 15.9 Å². The fourth-order valence-electron chi connectivity index (χ4n) is 1.96. The highest BCUT2D eigenvalue weighted by atomic mass is 79.9.